The maximum Gasteiger partial charge on any atom is 0.0771 e. The Morgan fingerprint density at radius 2 is 1.93 bits per heavy atom. The topological polar surface area (TPSA) is 82.4 Å². The first kappa shape index (κ1) is 19.4. The van der Waals surface area contributed by atoms with E-state index in [9.17, 15) is 15.3 Å². The number of fused-ring (bicyclic) bond motifs is 2. The van der Waals surface area contributed by atoms with Crippen molar-refractivity contribution in [2.45, 2.75) is 69.0 Å². The van der Waals surface area contributed by atoms with Gasteiger partial charge in [-0.15, -0.1) is 0 Å². The zero-order chi connectivity index (χ0) is 20.3. The molecule has 0 radical (unpaired) electrons. The second-order valence-electron chi connectivity index (χ2n) is 11.2. The summed E-state index contributed by atoms with van der Waals surface area (Å²) >= 11 is 0. The van der Waals surface area contributed by atoms with Gasteiger partial charge in [0.05, 0.1) is 30.5 Å². The van der Waals surface area contributed by atoms with E-state index in [1.807, 2.05) is 0 Å². The van der Waals surface area contributed by atoms with Crippen molar-refractivity contribution in [3.63, 3.8) is 0 Å². The summed E-state index contributed by atoms with van der Waals surface area (Å²) in [5.41, 5.74) is -1.08. The lowest BCUT2D eigenvalue weighted by molar-refractivity contribution is -0.272. The van der Waals surface area contributed by atoms with E-state index in [0.717, 1.165) is 45.4 Å². The summed E-state index contributed by atoms with van der Waals surface area (Å²) in [7, 11) is 3.52. The SMILES string of the molecule is CCN1C[C@@]2(COC)CC[C@H](O)[C@@]34C5C[C@H]6C(O)C5[C@](O)(C[C@@H]6OC)C(C[C@H]23)C14. The number of methoxy groups -OCH3 is 2. The molecule has 0 aromatic carbocycles. The Bertz CT molecular complexity index is 705. The minimum absolute atomic E-state index is 0.0495. The number of hydrogen-bond donors (Lipinski definition) is 3. The normalized spacial score (nSPS) is 62.5. The van der Waals surface area contributed by atoms with Crippen LogP contribution in [-0.2, 0) is 9.47 Å². The van der Waals surface area contributed by atoms with Gasteiger partial charge in [-0.05, 0) is 44.1 Å². The molecule has 6 nitrogen and oxygen atoms in total. The Morgan fingerprint density at radius 3 is 2.62 bits per heavy atom. The molecule has 29 heavy (non-hydrogen) atoms. The Balaban J connectivity index is 1.57. The van der Waals surface area contributed by atoms with Crippen LogP contribution in [0, 0.1) is 40.4 Å². The lowest BCUT2D eigenvalue weighted by Crippen LogP contribution is -2.76. The number of aliphatic hydroxyl groups is 3. The fourth-order valence-corrected chi connectivity index (χ4v) is 10.4. The first-order valence-corrected chi connectivity index (χ1v) is 11.7. The molecule has 12 atom stereocenters. The molecule has 1 spiro atoms. The molecule has 6 rings (SSSR count). The fourth-order valence-electron chi connectivity index (χ4n) is 10.4. The van der Waals surface area contributed by atoms with Crippen LogP contribution < -0.4 is 0 Å². The van der Waals surface area contributed by atoms with E-state index in [1.54, 1.807) is 14.2 Å². The standard InChI is InChI=1S/C23H37NO5/c1-4-24-10-21(11-28-2)6-5-17(25)23-13-7-12-15(29-3)9-22(27,18(13)19(12)26)14(20(23)24)8-16(21)23/h12-20,25-27H,4-11H2,1-3H3/t12-,13?,14?,15+,16-,17+,18?,19?,20?,21-,22+,23-/m1/s1. The maximum atomic E-state index is 12.2. The summed E-state index contributed by atoms with van der Waals surface area (Å²) < 4.78 is 11.6. The minimum atomic E-state index is -0.901. The van der Waals surface area contributed by atoms with Gasteiger partial charge in [0.2, 0.25) is 0 Å². The highest BCUT2D eigenvalue weighted by Crippen LogP contribution is 2.78. The smallest absolute Gasteiger partial charge is 0.0771 e. The van der Waals surface area contributed by atoms with E-state index < -0.39 is 11.7 Å². The molecule has 5 unspecified atom stereocenters. The zero-order valence-corrected chi connectivity index (χ0v) is 18.0. The lowest BCUT2D eigenvalue weighted by Gasteiger charge is -2.69. The third-order valence-electron chi connectivity index (χ3n) is 10.9. The molecule has 6 aliphatic rings. The second kappa shape index (κ2) is 5.96. The van der Waals surface area contributed by atoms with Crippen molar-refractivity contribution < 1.29 is 24.8 Å². The number of piperidine rings is 1. The first-order chi connectivity index (χ1) is 13.9. The van der Waals surface area contributed by atoms with E-state index in [0.29, 0.717) is 12.3 Å². The van der Waals surface area contributed by atoms with Crippen LogP contribution in [0.2, 0.25) is 0 Å². The maximum absolute atomic E-state index is 12.2. The van der Waals surface area contributed by atoms with Crippen molar-refractivity contribution in [1.82, 2.24) is 4.90 Å². The predicted molar refractivity (Wildman–Crippen MR) is 106 cm³/mol. The molecular formula is C23H37NO5. The van der Waals surface area contributed by atoms with Crippen LogP contribution in [-0.4, -0.2) is 84.1 Å². The van der Waals surface area contributed by atoms with Crippen molar-refractivity contribution in [1.29, 1.82) is 0 Å². The largest absolute Gasteiger partial charge is 0.392 e. The van der Waals surface area contributed by atoms with E-state index in [2.05, 4.69) is 11.8 Å². The van der Waals surface area contributed by atoms with Gasteiger partial charge in [0.1, 0.15) is 0 Å². The average molecular weight is 408 g/mol. The van der Waals surface area contributed by atoms with Gasteiger partial charge in [0.15, 0.2) is 0 Å². The minimum Gasteiger partial charge on any atom is -0.392 e. The van der Waals surface area contributed by atoms with Gasteiger partial charge in [-0.3, -0.25) is 4.90 Å². The summed E-state index contributed by atoms with van der Waals surface area (Å²) in [5, 5.41) is 35.2. The Kier molecular flexibility index (Phi) is 4.00. The van der Waals surface area contributed by atoms with Gasteiger partial charge in [0, 0.05) is 61.8 Å². The second-order valence-corrected chi connectivity index (χ2v) is 11.2. The average Bonchev–Trinajstić information content (AvgIpc) is 3.13. The molecule has 5 aliphatic carbocycles. The van der Waals surface area contributed by atoms with Crippen LogP contribution >= 0.6 is 0 Å². The third-order valence-corrected chi connectivity index (χ3v) is 10.9. The van der Waals surface area contributed by atoms with Crippen molar-refractivity contribution in [3.8, 4) is 0 Å². The third kappa shape index (κ3) is 1.93. The Labute approximate surface area is 173 Å². The fraction of sp³-hybridized carbons (Fsp3) is 1.00. The van der Waals surface area contributed by atoms with Crippen molar-refractivity contribution in [3.05, 3.63) is 0 Å². The van der Waals surface area contributed by atoms with E-state index >= 15 is 0 Å². The summed E-state index contributed by atoms with van der Waals surface area (Å²) in [6.07, 6.45) is 3.27. The molecule has 1 saturated heterocycles. The monoisotopic (exact) mass is 407 g/mol. The van der Waals surface area contributed by atoms with Crippen LogP contribution in [0.15, 0.2) is 0 Å². The molecule has 164 valence electrons. The van der Waals surface area contributed by atoms with E-state index in [1.165, 1.54) is 0 Å². The molecule has 0 aromatic heterocycles. The highest BCUT2D eigenvalue weighted by atomic mass is 16.5. The molecule has 5 saturated carbocycles. The van der Waals surface area contributed by atoms with E-state index in [-0.39, 0.29) is 52.8 Å². The molecule has 3 N–H and O–H groups in total. The van der Waals surface area contributed by atoms with E-state index in [4.69, 9.17) is 9.47 Å². The van der Waals surface area contributed by atoms with Gasteiger partial charge in [0.25, 0.3) is 0 Å². The van der Waals surface area contributed by atoms with Gasteiger partial charge in [-0.2, -0.15) is 0 Å². The van der Waals surface area contributed by atoms with Gasteiger partial charge in [-0.1, -0.05) is 6.92 Å². The summed E-state index contributed by atoms with van der Waals surface area (Å²) in [4.78, 5) is 2.57. The van der Waals surface area contributed by atoms with Crippen LogP contribution in [0.1, 0.15) is 39.0 Å². The molecule has 0 aromatic rings. The number of ether oxygens (including phenoxy) is 2. The summed E-state index contributed by atoms with van der Waals surface area (Å²) in [5.74, 6) is 0.553. The van der Waals surface area contributed by atoms with Crippen molar-refractivity contribution in [2.24, 2.45) is 40.4 Å². The van der Waals surface area contributed by atoms with Crippen LogP contribution in [0.25, 0.3) is 0 Å². The highest BCUT2D eigenvalue weighted by molar-refractivity contribution is 5.33. The van der Waals surface area contributed by atoms with Crippen molar-refractivity contribution >= 4 is 0 Å². The summed E-state index contributed by atoms with van der Waals surface area (Å²) in [6, 6.07) is 0.200. The number of likely N-dealkylation sites (tertiary alicyclic amines) is 1. The van der Waals surface area contributed by atoms with Gasteiger partial charge < -0.3 is 24.8 Å². The van der Waals surface area contributed by atoms with Crippen molar-refractivity contribution in [2.75, 3.05) is 33.9 Å². The highest BCUT2D eigenvalue weighted by Gasteiger charge is 2.83. The molecule has 1 heterocycles. The number of rotatable bonds is 4. The number of aliphatic hydroxyl groups excluding tert-OH is 2. The molecule has 0 amide bonds. The predicted octanol–water partition coefficient (Wildman–Crippen LogP) is 0.877. The van der Waals surface area contributed by atoms with Crippen LogP contribution in [0.4, 0.5) is 0 Å². The van der Waals surface area contributed by atoms with Gasteiger partial charge >= 0.3 is 0 Å². The summed E-state index contributed by atoms with van der Waals surface area (Å²) in [6.45, 7) is 4.88. The van der Waals surface area contributed by atoms with Crippen LogP contribution in [0.3, 0.4) is 0 Å². The Hall–Kier alpha value is -0.240. The first-order valence-electron chi connectivity index (χ1n) is 11.7. The zero-order valence-electron chi connectivity index (χ0n) is 18.0. The molecule has 6 heteroatoms. The molecular weight excluding hydrogens is 370 g/mol. The van der Waals surface area contributed by atoms with Gasteiger partial charge in [-0.25, -0.2) is 0 Å². The molecule has 1 aliphatic heterocycles. The Morgan fingerprint density at radius 1 is 1.14 bits per heavy atom. The molecule has 6 fully saturated rings. The van der Waals surface area contributed by atoms with Crippen LogP contribution in [0.5, 0.6) is 0 Å². The number of nitrogens with zero attached hydrogens (tertiary/aromatic N) is 1. The quantitative estimate of drug-likeness (QED) is 0.642. The molecule has 7 bridgehead atoms. The number of hydrogen-bond acceptors (Lipinski definition) is 6. The lowest BCUT2D eigenvalue weighted by atomic mass is 9.43.